The van der Waals surface area contributed by atoms with Gasteiger partial charge in [-0.15, -0.1) is 23.1 Å². The third kappa shape index (κ3) is 9.60. The number of hydrogen-bond acceptors (Lipinski definition) is 13. The van der Waals surface area contributed by atoms with Gasteiger partial charge in [0, 0.05) is 11.1 Å². The number of aromatic nitrogens is 1. The fourth-order valence-corrected chi connectivity index (χ4v) is 10.5. The smallest absolute Gasteiger partial charge is 0.356 e. The Balaban J connectivity index is 1.08. The van der Waals surface area contributed by atoms with E-state index in [4.69, 9.17) is 18.7 Å². The summed E-state index contributed by atoms with van der Waals surface area (Å²) in [5.74, 6) is -2.03. The van der Waals surface area contributed by atoms with Crippen LogP contribution in [0.1, 0.15) is 46.5 Å². The number of thioether (sulfide) groups is 1. The number of carbonyl (C=O) groups is 3. The van der Waals surface area contributed by atoms with E-state index < -0.39 is 51.0 Å². The number of anilines is 1. The third-order valence-corrected chi connectivity index (χ3v) is 13.3. The lowest BCUT2D eigenvalue weighted by atomic mass is 9.77. The number of carbonyl (C=O) groups excluding carboxylic acids is 3. The van der Waals surface area contributed by atoms with Gasteiger partial charge < -0.3 is 24.4 Å². The van der Waals surface area contributed by atoms with E-state index in [1.165, 1.54) is 48.1 Å². The van der Waals surface area contributed by atoms with Gasteiger partial charge in [0.05, 0.1) is 6.26 Å². The lowest BCUT2D eigenvalue weighted by Gasteiger charge is -2.49. The second-order valence-corrected chi connectivity index (χ2v) is 18.6. The van der Waals surface area contributed by atoms with Crippen molar-refractivity contribution in [3.63, 3.8) is 0 Å². The predicted molar refractivity (Wildman–Crippen MR) is 251 cm³/mol. The molecule has 3 heterocycles. The number of nitrogens with zero attached hydrogens (tertiary/aromatic N) is 3. The Kier molecular flexibility index (Phi) is 13.3. The summed E-state index contributed by atoms with van der Waals surface area (Å²) in [7, 11) is -2.59. The van der Waals surface area contributed by atoms with Crippen molar-refractivity contribution >= 4 is 61.8 Å². The molecule has 1 fully saturated rings. The molecule has 0 bridgehead atoms. The van der Waals surface area contributed by atoms with Gasteiger partial charge in [-0.1, -0.05) is 157 Å². The highest BCUT2D eigenvalue weighted by atomic mass is 32.2. The Labute approximate surface area is 385 Å². The number of rotatable bonds is 16. The number of fused-ring (bicyclic) bond motifs is 1. The number of amides is 2. The number of hydrogen-bond donors (Lipinski definition) is 2. The van der Waals surface area contributed by atoms with Crippen LogP contribution in [0, 0.1) is 0 Å². The molecular formula is C49H43N5O8S3. The number of benzene rings is 5. The Morgan fingerprint density at radius 1 is 0.831 bits per heavy atom. The van der Waals surface area contributed by atoms with Gasteiger partial charge in [0.25, 0.3) is 11.8 Å². The average Bonchev–Trinajstić information content (AvgIpc) is 3.79. The van der Waals surface area contributed by atoms with Crippen molar-refractivity contribution in [2.24, 2.45) is 5.16 Å². The molecule has 0 aliphatic carbocycles. The zero-order chi connectivity index (χ0) is 45.6. The van der Waals surface area contributed by atoms with Crippen LogP contribution in [0.25, 0.3) is 0 Å². The number of esters is 1. The van der Waals surface area contributed by atoms with E-state index in [2.05, 4.69) is 15.8 Å². The van der Waals surface area contributed by atoms with Gasteiger partial charge in [-0.25, -0.2) is 9.78 Å². The van der Waals surface area contributed by atoms with Crippen LogP contribution < -0.4 is 10.6 Å². The van der Waals surface area contributed by atoms with Gasteiger partial charge in [0.2, 0.25) is 0 Å². The normalized spacial score (nSPS) is 16.6. The van der Waals surface area contributed by atoms with Crippen LogP contribution in [0.3, 0.4) is 0 Å². The maximum absolute atomic E-state index is 14.4. The summed E-state index contributed by atoms with van der Waals surface area (Å²) in [5.41, 5.74) is 3.60. The van der Waals surface area contributed by atoms with Crippen LogP contribution in [0.4, 0.5) is 5.13 Å². The van der Waals surface area contributed by atoms with Crippen LogP contribution in [0.5, 0.6) is 0 Å². The number of allylic oxidation sites excluding steroid dienone is 2. The van der Waals surface area contributed by atoms with Crippen LogP contribution in [-0.4, -0.2) is 72.3 Å². The molecule has 6 aromatic rings. The molecule has 13 nitrogen and oxygen atoms in total. The molecule has 1 aromatic heterocycles. The van der Waals surface area contributed by atoms with E-state index in [1.54, 1.807) is 5.38 Å². The minimum atomic E-state index is -3.90. The summed E-state index contributed by atoms with van der Waals surface area (Å²) in [6, 6.07) is 47.3. The van der Waals surface area contributed by atoms with Crippen LogP contribution in [-0.2, 0) is 43.8 Å². The first kappa shape index (κ1) is 44.6. The van der Waals surface area contributed by atoms with Crippen molar-refractivity contribution in [2.45, 2.75) is 30.0 Å². The van der Waals surface area contributed by atoms with E-state index in [9.17, 15) is 22.8 Å². The van der Waals surface area contributed by atoms with Gasteiger partial charge in [0.1, 0.15) is 41.2 Å². The van der Waals surface area contributed by atoms with Gasteiger partial charge in [-0.2, -0.15) is 8.42 Å². The minimum Gasteiger partial charge on any atom is -0.448 e. The average molecular weight is 926 g/mol. The number of ether oxygens (including phenoxy) is 1. The molecule has 2 amide bonds. The molecule has 65 heavy (non-hydrogen) atoms. The van der Waals surface area contributed by atoms with Crippen molar-refractivity contribution in [3.05, 3.63) is 214 Å². The number of β-lactam (4-membered cyclic amide) rings is 1. The van der Waals surface area contributed by atoms with Crippen molar-refractivity contribution < 1.29 is 36.6 Å². The summed E-state index contributed by atoms with van der Waals surface area (Å²) < 4.78 is 35.4. The van der Waals surface area contributed by atoms with Crippen molar-refractivity contribution in [3.8, 4) is 0 Å². The third-order valence-electron chi connectivity index (χ3n) is 10.6. The second kappa shape index (κ2) is 19.4. The fraction of sp³-hybridized carbons (Fsp3) is 0.163. The molecule has 0 saturated carbocycles. The molecule has 2 aliphatic rings. The molecule has 2 N–H and O–H groups in total. The van der Waals surface area contributed by atoms with Gasteiger partial charge in [0.15, 0.2) is 16.9 Å². The Morgan fingerprint density at radius 3 is 1.83 bits per heavy atom. The predicted octanol–water partition coefficient (Wildman–Crippen LogP) is 7.76. The molecule has 5 aromatic carbocycles. The Morgan fingerprint density at radius 2 is 1.34 bits per heavy atom. The zero-order valence-corrected chi connectivity index (χ0v) is 37.8. The van der Waals surface area contributed by atoms with Gasteiger partial charge >= 0.3 is 16.1 Å². The molecule has 2 unspecified atom stereocenters. The summed E-state index contributed by atoms with van der Waals surface area (Å²) in [6.45, 7) is 1.44. The SMILES string of the molecule is CO/N=C(/C(=O)NC1C(=O)N2C(C(=O)OC(c3ccccc3)c3ccccc3)=C(/C=C(\C)OS(C)(=O)=O)CSC12)c1csc(NC(c2ccccc2)(c2ccccc2)c2ccccc2)n1. The lowest BCUT2D eigenvalue weighted by molar-refractivity contribution is -0.154. The van der Waals surface area contributed by atoms with Crippen molar-refractivity contribution in [1.82, 2.24) is 15.2 Å². The van der Waals surface area contributed by atoms with Crippen LogP contribution in [0.2, 0.25) is 0 Å². The summed E-state index contributed by atoms with van der Waals surface area (Å²) in [4.78, 5) is 54.1. The van der Waals surface area contributed by atoms with E-state index in [-0.39, 0.29) is 28.6 Å². The largest absolute Gasteiger partial charge is 0.448 e. The first-order chi connectivity index (χ1) is 31.5. The Bertz CT molecular complexity index is 2740. The monoisotopic (exact) mass is 925 g/mol. The number of nitrogens with one attached hydrogen (secondary N) is 2. The first-order valence-corrected chi connectivity index (χ1v) is 24.1. The topological polar surface area (TPSA) is 166 Å². The summed E-state index contributed by atoms with van der Waals surface area (Å²) in [5, 5.41) is 12.0. The van der Waals surface area contributed by atoms with Gasteiger partial charge in [-0.3, -0.25) is 14.5 Å². The number of oxime groups is 1. The molecule has 2 atom stereocenters. The molecule has 8 rings (SSSR count). The fourth-order valence-electron chi connectivity index (χ4n) is 7.89. The van der Waals surface area contributed by atoms with Crippen LogP contribution in [0.15, 0.2) is 185 Å². The quantitative estimate of drug-likeness (QED) is 0.0185. The first-order valence-electron chi connectivity index (χ1n) is 20.4. The van der Waals surface area contributed by atoms with Gasteiger partial charge in [-0.05, 0) is 46.4 Å². The highest BCUT2D eigenvalue weighted by molar-refractivity contribution is 8.00. The standard InChI is InChI=1S/C49H43N5O8S3/c1-32(62-65(3,58)59)29-35-30-63-46-41(45(56)54(46)42(35)47(57)61-43(33-19-9-4-10-20-33)34-21-11-5-12-22-34)51-44(55)40(53-60-2)39-31-64-48(50-39)52-49(36-23-13-6-14-24-36,37-25-15-7-16-26-37)38-27-17-8-18-28-38/h4-29,31,41,43,46H,30H2,1-3H3,(H,50,52)(H,51,55)/b32-29+,53-40+. The molecular weight excluding hydrogens is 883 g/mol. The van der Waals surface area contributed by atoms with E-state index in [1.807, 2.05) is 152 Å². The van der Waals surface area contributed by atoms with Crippen molar-refractivity contribution in [2.75, 3.05) is 24.4 Å². The molecule has 0 radical (unpaired) electrons. The van der Waals surface area contributed by atoms with E-state index in [0.717, 1.165) is 22.9 Å². The van der Waals surface area contributed by atoms with Crippen LogP contribution >= 0.6 is 23.1 Å². The molecule has 16 heteroatoms. The maximum atomic E-state index is 14.4. The maximum Gasteiger partial charge on any atom is 0.356 e. The summed E-state index contributed by atoms with van der Waals surface area (Å²) in [6.07, 6.45) is 1.46. The summed E-state index contributed by atoms with van der Waals surface area (Å²) >= 11 is 2.55. The molecule has 0 spiro atoms. The minimum absolute atomic E-state index is 0.0153. The Hall–Kier alpha value is -7.01. The highest BCUT2D eigenvalue weighted by Gasteiger charge is 2.55. The second-order valence-electron chi connectivity index (χ2n) is 15.0. The van der Waals surface area contributed by atoms with Crippen molar-refractivity contribution in [1.29, 1.82) is 0 Å². The lowest BCUT2D eigenvalue weighted by Crippen LogP contribution is -2.71. The zero-order valence-electron chi connectivity index (χ0n) is 35.4. The molecule has 1 saturated heterocycles. The van der Waals surface area contributed by atoms with E-state index in [0.29, 0.717) is 21.8 Å². The van der Waals surface area contributed by atoms with E-state index >= 15 is 0 Å². The number of thiazole rings is 1. The highest BCUT2D eigenvalue weighted by Crippen LogP contribution is 2.43. The molecule has 2 aliphatic heterocycles. The molecule has 330 valence electrons.